The highest BCUT2D eigenvalue weighted by Crippen LogP contribution is 2.46. The van der Waals surface area contributed by atoms with Crippen molar-refractivity contribution in [2.24, 2.45) is 11.3 Å². The fraction of sp³-hybridized carbons (Fsp3) is 0.500. The number of carbonyl (C=O) groups is 3. The van der Waals surface area contributed by atoms with Crippen LogP contribution in [0.15, 0.2) is 30.6 Å². The third kappa shape index (κ3) is 4.06. The lowest BCUT2D eigenvalue weighted by Crippen LogP contribution is -2.44. The SMILES string of the molecule is O=C(CC1CC1)c1nc[nH]c1C(=O)NC1CCC2(CC1)CCN(c1cccc(Cl)c1)C2=O. The normalized spacial score (nSPS) is 25.3. The average Bonchev–Trinajstić information content (AvgIpc) is 3.35. The van der Waals surface area contributed by atoms with E-state index in [1.165, 1.54) is 6.33 Å². The van der Waals surface area contributed by atoms with Crippen LogP contribution in [0.3, 0.4) is 0 Å². The van der Waals surface area contributed by atoms with Crippen LogP contribution >= 0.6 is 11.6 Å². The van der Waals surface area contributed by atoms with Crippen LogP contribution in [0.5, 0.6) is 0 Å². The number of halogens is 1. The summed E-state index contributed by atoms with van der Waals surface area (Å²) >= 11 is 6.11. The van der Waals surface area contributed by atoms with E-state index >= 15 is 0 Å². The van der Waals surface area contributed by atoms with Gasteiger partial charge < -0.3 is 15.2 Å². The lowest BCUT2D eigenvalue weighted by molar-refractivity contribution is -0.127. The van der Waals surface area contributed by atoms with Crippen molar-refractivity contribution in [3.8, 4) is 0 Å². The maximum atomic E-state index is 13.3. The van der Waals surface area contributed by atoms with E-state index in [1.807, 2.05) is 23.1 Å². The molecule has 2 amide bonds. The van der Waals surface area contributed by atoms with E-state index in [9.17, 15) is 14.4 Å². The number of imidazole rings is 1. The highest BCUT2D eigenvalue weighted by molar-refractivity contribution is 6.31. The molecule has 1 aromatic carbocycles. The van der Waals surface area contributed by atoms with E-state index in [4.69, 9.17) is 11.6 Å². The third-order valence-electron chi connectivity index (χ3n) is 7.21. The van der Waals surface area contributed by atoms with Crippen molar-refractivity contribution < 1.29 is 14.4 Å². The summed E-state index contributed by atoms with van der Waals surface area (Å²) in [5.41, 5.74) is 0.977. The van der Waals surface area contributed by atoms with Crippen molar-refractivity contribution in [3.63, 3.8) is 0 Å². The van der Waals surface area contributed by atoms with Gasteiger partial charge in [0.05, 0.1) is 11.7 Å². The molecular weight excluding hydrogens is 428 g/mol. The van der Waals surface area contributed by atoms with Crippen molar-refractivity contribution in [2.75, 3.05) is 11.4 Å². The first-order chi connectivity index (χ1) is 15.4. The minimum Gasteiger partial charge on any atom is -0.348 e. The van der Waals surface area contributed by atoms with Crippen molar-refractivity contribution >= 4 is 34.9 Å². The predicted molar refractivity (Wildman–Crippen MR) is 121 cm³/mol. The van der Waals surface area contributed by atoms with Crippen LogP contribution in [0.25, 0.3) is 0 Å². The van der Waals surface area contributed by atoms with Crippen molar-refractivity contribution in [2.45, 2.75) is 57.4 Å². The zero-order chi connectivity index (χ0) is 22.3. The van der Waals surface area contributed by atoms with Gasteiger partial charge in [0.2, 0.25) is 5.91 Å². The molecule has 2 aromatic rings. The Balaban J connectivity index is 1.19. The van der Waals surface area contributed by atoms with E-state index in [0.717, 1.165) is 50.6 Å². The molecule has 1 aromatic heterocycles. The average molecular weight is 455 g/mol. The Morgan fingerprint density at radius 2 is 1.97 bits per heavy atom. The molecule has 1 spiro atoms. The molecule has 0 bridgehead atoms. The summed E-state index contributed by atoms with van der Waals surface area (Å²) in [7, 11) is 0. The lowest BCUT2D eigenvalue weighted by Gasteiger charge is -2.36. The molecule has 7 nitrogen and oxygen atoms in total. The Bertz CT molecular complexity index is 1050. The van der Waals surface area contributed by atoms with Crippen LogP contribution in [0.2, 0.25) is 5.02 Å². The number of rotatable bonds is 6. The second kappa shape index (κ2) is 8.35. The molecule has 1 saturated heterocycles. The molecule has 3 aliphatic rings. The largest absolute Gasteiger partial charge is 0.348 e. The van der Waals surface area contributed by atoms with Crippen molar-refractivity contribution in [3.05, 3.63) is 47.0 Å². The Kier molecular flexibility index (Phi) is 5.53. The van der Waals surface area contributed by atoms with E-state index in [-0.39, 0.29) is 40.4 Å². The quantitative estimate of drug-likeness (QED) is 0.641. The Hall–Kier alpha value is -2.67. The van der Waals surface area contributed by atoms with Gasteiger partial charge >= 0.3 is 0 Å². The summed E-state index contributed by atoms with van der Waals surface area (Å²) in [6.07, 6.45) is 7.80. The fourth-order valence-corrected chi connectivity index (χ4v) is 5.29. The zero-order valence-corrected chi connectivity index (χ0v) is 18.7. The van der Waals surface area contributed by atoms with Gasteiger partial charge in [0.1, 0.15) is 11.4 Å². The summed E-state index contributed by atoms with van der Waals surface area (Å²) in [5, 5.41) is 3.67. The predicted octanol–water partition coefficient (Wildman–Crippen LogP) is 4.14. The molecule has 5 rings (SSSR count). The van der Waals surface area contributed by atoms with Crippen LogP contribution in [0, 0.1) is 11.3 Å². The van der Waals surface area contributed by atoms with E-state index in [0.29, 0.717) is 23.9 Å². The summed E-state index contributed by atoms with van der Waals surface area (Å²) < 4.78 is 0. The molecule has 32 heavy (non-hydrogen) atoms. The number of ketones is 1. The minimum atomic E-state index is -0.358. The van der Waals surface area contributed by atoms with Crippen LogP contribution in [0.1, 0.15) is 72.3 Å². The van der Waals surface area contributed by atoms with Crippen LogP contribution < -0.4 is 10.2 Å². The van der Waals surface area contributed by atoms with E-state index < -0.39 is 0 Å². The van der Waals surface area contributed by atoms with Gasteiger partial charge in [-0.05, 0) is 69.1 Å². The van der Waals surface area contributed by atoms with Gasteiger partial charge in [-0.1, -0.05) is 17.7 Å². The molecule has 2 heterocycles. The standard InChI is InChI=1S/C24H27ClN4O3/c25-16-2-1-3-18(13-16)29-11-10-24(23(29)32)8-6-17(7-9-24)28-22(31)21-20(26-14-27-21)19(30)12-15-4-5-15/h1-3,13-15,17H,4-12H2,(H,26,27)(H,28,31). The van der Waals surface area contributed by atoms with Gasteiger partial charge in [-0.15, -0.1) is 0 Å². The molecule has 8 heteroatoms. The molecule has 3 fully saturated rings. The van der Waals surface area contributed by atoms with Crippen LogP contribution in [-0.2, 0) is 4.79 Å². The first-order valence-corrected chi connectivity index (χ1v) is 11.8. The summed E-state index contributed by atoms with van der Waals surface area (Å²) in [6, 6.07) is 7.40. The van der Waals surface area contributed by atoms with Crippen molar-refractivity contribution in [1.82, 2.24) is 15.3 Å². The number of Topliss-reactive ketones (excluding diaryl/α,β-unsaturated/α-hetero) is 1. The number of benzene rings is 1. The summed E-state index contributed by atoms with van der Waals surface area (Å²) in [5.74, 6) is 0.242. The first-order valence-electron chi connectivity index (χ1n) is 11.4. The molecular formula is C24H27ClN4O3. The number of nitrogens with one attached hydrogen (secondary N) is 2. The first kappa shape index (κ1) is 21.2. The molecule has 0 unspecified atom stereocenters. The number of aromatic nitrogens is 2. The van der Waals surface area contributed by atoms with Crippen molar-refractivity contribution in [1.29, 1.82) is 0 Å². The number of hydrogen-bond donors (Lipinski definition) is 2. The topological polar surface area (TPSA) is 95.2 Å². The maximum absolute atomic E-state index is 13.3. The minimum absolute atomic E-state index is 0.0178. The Labute approximate surface area is 191 Å². The number of anilines is 1. The fourth-order valence-electron chi connectivity index (χ4n) is 5.11. The number of amides is 2. The summed E-state index contributed by atoms with van der Waals surface area (Å²) in [6.45, 7) is 0.691. The number of hydrogen-bond acceptors (Lipinski definition) is 4. The van der Waals surface area contributed by atoms with Gasteiger partial charge in [0, 0.05) is 29.7 Å². The zero-order valence-electron chi connectivity index (χ0n) is 17.9. The molecule has 1 aliphatic heterocycles. The summed E-state index contributed by atoms with van der Waals surface area (Å²) in [4.78, 5) is 47.3. The van der Waals surface area contributed by atoms with Gasteiger partial charge in [0.15, 0.2) is 5.78 Å². The van der Waals surface area contributed by atoms with Crippen LogP contribution in [0.4, 0.5) is 5.69 Å². The molecule has 2 N–H and O–H groups in total. The maximum Gasteiger partial charge on any atom is 0.270 e. The monoisotopic (exact) mass is 454 g/mol. The molecule has 2 saturated carbocycles. The van der Waals surface area contributed by atoms with Gasteiger partial charge in [0.25, 0.3) is 5.91 Å². The number of aromatic amines is 1. The van der Waals surface area contributed by atoms with E-state index in [2.05, 4.69) is 15.3 Å². The van der Waals surface area contributed by atoms with Gasteiger partial charge in [-0.3, -0.25) is 14.4 Å². The Morgan fingerprint density at radius 1 is 1.19 bits per heavy atom. The molecule has 0 atom stereocenters. The van der Waals surface area contributed by atoms with Crippen LogP contribution in [-0.4, -0.2) is 40.2 Å². The third-order valence-corrected chi connectivity index (χ3v) is 7.45. The molecule has 0 radical (unpaired) electrons. The smallest absolute Gasteiger partial charge is 0.270 e. The number of nitrogens with zero attached hydrogens (tertiary/aromatic N) is 2. The highest BCUT2D eigenvalue weighted by atomic mass is 35.5. The second-order valence-electron chi connectivity index (χ2n) is 9.41. The number of carbonyl (C=O) groups excluding carboxylic acids is 3. The second-order valence-corrected chi connectivity index (χ2v) is 9.85. The lowest BCUT2D eigenvalue weighted by atomic mass is 9.71. The number of H-pyrrole nitrogens is 1. The molecule has 2 aliphatic carbocycles. The highest BCUT2D eigenvalue weighted by Gasteiger charge is 2.48. The Morgan fingerprint density at radius 3 is 2.69 bits per heavy atom. The van der Waals surface area contributed by atoms with E-state index in [1.54, 1.807) is 6.07 Å². The van der Waals surface area contributed by atoms with Gasteiger partial charge in [-0.2, -0.15) is 0 Å². The van der Waals surface area contributed by atoms with Gasteiger partial charge in [-0.25, -0.2) is 4.98 Å². The molecule has 168 valence electrons.